The molecule has 0 fully saturated rings. The predicted molar refractivity (Wildman–Crippen MR) is 185 cm³/mol. The summed E-state index contributed by atoms with van der Waals surface area (Å²) in [6.07, 6.45) is 4.89. The Labute approximate surface area is 280 Å². The van der Waals surface area contributed by atoms with Crippen molar-refractivity contribution in [3.8, 4) is 5.75 Å². The molecule has 5 rings (SSSR count). The van der Waals surface area contributed by atoms with Crippen LogP contribution in [0.25, 0.3) is 6.08 Å². The van der Waals surface area contributed by atoms with Gasteiger partial charge in [0, 0.05) is 40.5 Å². The van der Waals surface area contributed by atoms with Crippen LogP contribution in [-0.2, 0) is 16.0 Å². The van der Waals surface area contributed by atoms with Crippen LogP contribution in [0.4, 0.5) is 0 Å². The third-order valence-corrected chi connectivity index (χ3v) is 8.45. The second kappa shape index (κ2) is 16.0. The standard InChI is InChI=1S/C36H35Br2N3O4/c37-30-15-9-27(10-16-30)21-23-39-41-35(43)36(22-4-8-26-6-2-1-3-7-26)33(28-11-17-31(38)18-12-28)45-34(40-36)29-13-19-32(20-14-29)44-25-5-24-42/h1-4,6-20,33,39,42H,5,21-25H2,(H,41,43)/b8-4+/t33-,36-/m0/s1. The Morgan fingerprint density at radius 3 is 2.31 bits per heavy atom. The normalized spacial score (nSPS) is 17.6. The van der Waals surface area contributed by atoms with Crippen molar-refractivity contribution in [1.82, 2.24) is 10.9 Å². The summed E-state index contributed by atoms with van der Waals surface area (Å²) in [5.74, 6) is 0.769. The number of hydrogen-bond acceptors (Lipinski definition) is 6. The highest BCUT2D eigenvalue weighted by Gasteiger charge is 2.52. The van der Waals surface area contributed by atoms with E-state index in [0.29, 0.717) is 37.6 Å². The van der Waals surface area contributed by atoms with E-state index in [1.807, 2.05) is 103 Å². The first-order valence-electron chi connectivity index (χ1n) is 14.8. The van der Waals surface area contributed by atoms with Gasteiger partial charge in [-0.25, -0.2) is 10.4 Å². The lowest BCUT2D eigenvalue weighted by Crippen LogP contribution is -2.52. The minimum Gasteiger partial charge on any atom is -0.494 e. The molecule has 0 radical (unpaired) electrons. The Morgan fingerprint density at radius 2 is 1.62 bits per heavy atom. The minimum atomic E-state index is -1.30. The van der Waals surface area contributed by atoms with Crippen molar-refractivity contribution in [1.29, 1.82) is 0 Å². The van der Waals surface area contributed by atoms with E-state index in [-0.39, 0.29) is 12.5 Å². The van der Waals surface area contributed by atoms with E-state index in [1.54, 1.807) is 0 Å². The maximum atomic E-state index is 14.2. The Hall–Kier alpha value is -3.76. The summed E-state index contributed by atoms with van der Waals surface area (Å²) in [4.78, 5) is 19.3. The van der Waals surface area contributed by atoms with E-state index in [1.165, 1.54) is 0 Å². The number of aliphatic hydroxyl groups excluding tert-OH is 1. The number of nitrogens with one attached hydrogen (secondary N) is 2. The molecule has 1 aliphatic heterocycles. The number of benzene rings is 4. The molecule has 4 aromatic carbocycles. The fourth-order valence-electron chi connectivity index (χ4n) is 5.00. The lowest BCUT2D eigenvalue weighted by Gasteiger charge is -2.30. The molecule has 45 heavy (non-hydrogen) atoms. The summed E-state index contributed by atoms with van der Waals surface area (Å²) >= 11 is 7.00. The monoisotopic (exact) mass is 731 g/mol. The van der Waals surface area contributed by atoms with Crippen LogP contribution < -0.4 is 15.6 Å². The van der Waals surface area contributed by atoms with Crippen LogP contribution >= 0.6 is 31.9 Å². The SMILES string of the molecule is O=C(NNCCc1ccc(Br)cc1)[C@@]1(C/C=C/c2ccccc2)N=C(c2ccc(OCCCO)cc2)O[C@H]1c1ccc(Br)cc1. The molecule has 0 saturated carbocycles. The van der Waals surface area contributed by atoms with Gasteiger partial charge in [-0.15, -0.1) is 0 Å². The maximum absolute atomic E-state index is 14.2. The van der Waals surface area contributed by atoms with Gasteiger partial charge in [-0.2, -0.15) is 0 Å². The highest BCUT2D eigenvalue weighted by atomic mass is 79.9. The maximum Gasteiger partial charge on any atom is 0.266 e. The van der Waals surface area contributed by atoms with Gasteiger partial charge in [-0.3, -0.25) is 10.2 Å². The molecule has 1 amide bonds. The van der Waals surface area contributed by atoms with E-state index in [0.717, 1.165) is 37.6 Å². The molecular weight excluding hydrogens is 698 g/mol. The summed E-state index contributed by atoms with van der Waals surface area (Å²) in [6, 6.07) is 33.3. The number of aliphatic hydroxyl groups is 1. The molecule has 0 aliphatic carbocycles. The van der Waals surface area contributed by atoms with Crippen LogP contribution in [0.2, 0.25) is 0 Å². The van der Waals surface area contributed by atoms with Gasteiger partial charge in [0.1, 0.15) is 5.75 Å². The lowest BCUT2D eigenvalue weighted by atomic mass is 9.84. The largest absolute Gasteiger partial charge is 0.494 e. The van der Waals surface area contributed by atoms with Crippen molar-refractivity contribution in [2.24, 2.45) is 4.99 Å². The zero-order chi connectivity index (χ0) is 31.5. The second-order valence-corrected chi connectivity index (χ2v) is 12.4. The number of nitrogens with zero attached hydrogens (tertiary/aromatic N) is 1. The van der Waals surface area contributed by atoms with Gasteiger partial charge in [0.15, 0.2) is 11.6 Å². The van der Waals surface area contributed by atoms with E-state index < -0.39 is 11.6 Å². The molecule has 1 heterocycles. The van der Waals surface area contributed by atoms with Crippen LogP contribution in [-0.4, -0.2) is 42.2 Å². The molecule has 0 aromatic heterocycles. The summed E-state index contributed by atoms with van der Waals surface area (Å²) in [6.45, 7) is 1.04. The number of rotatable bonds is 14. The zero-order valence-corrected chi connectivity index (χ0v) is 27.8. The number of ether oxygens (including phenoxy) is 2. The minimum absolute atomic E-state index is 0.0716. The molecule has 4 aromatic rings. The van der Waals surface area contributed by atoms with Gasteiger partial charge in [-0.05, 0) is 71.6 Å². The topological polar surface area (TPSA) is 92.2 Å². The molecule has 0 spiro atoms. The van der Waals surface area contributed by atoms with Gasteiger partial charge in [0.25, 0.3) is 5.91 Å². The third kappa shape index (κ3) is 8.70. The van der Waals surface area contributed by atoms with Gasteiger partial charge in [-0.1, -0.05) is 98.6 Å². The molecular formula is C36H35Br2N3O4. The molecule has 0 unspecified atom stereocenters. The number of halogens is 2. The number of carbonyl (C=O) groups is 1. The molecule has 3 N–H and O–H groups in total. The van der Waals surface area contributed by atoms with Crippen molar-refractivity contribution >= 4 is 49.7 Å². The fourth-order valence-corrected chi connectivity index (χ4v) is 5.53. The third-order valence-electron chi connectivity index (χ3n) is 7.40. The Bertz CT molecular complexity index is 1590. The van der Waals surface area contributed by atoms with Crippen molar-refractivity contribution in [2.75, 3.05) is 19.8 Å². The van der Waals surface area contributed by atoms with Gasteiger partial charge < -0.3 is 14.6 Å². The van der Waals surface area contributed by atoms with Crippen LogP contribution in [0.15, 0.2) is 123 Å². The Kier molecular flexibility index (Phi) is 11.6. The van der Waals surface area contributed by atoms with E-state index in [2.05, 4.69) is 54.8 Å². The molecule has 0 saturated heterocycles. The Morgan fingerprint density at radius 1 is 0.933 bits per heavy atom. The first kappa shape index (κ1) is 32.6. The van der Waals surface area contributed by atoms with Crippen LogP contribution in [0.3, 0.4) is 0 Å². The average molecular weight is 734 g/mol. The van der Waals surface area contributed by atoms with E-state index >= 15 is 0 Å². The van der Waals surface area contributed by atoms with Crippen molar-refractivity contribution in [3.05, 3.63) is 140 Å². The number of amides is 1. The molecule has 1 aliphatic rings. The van der Waals surface area contributed by atoms with E-state index in [4.69, 9.17) is 19.6 Å². The van der Waals surface area contributed by atoms with Crippen molar-refractivity contribution < 1.29 is 19.4 Å². The summed E-state index contributed by atoms with van der Waals surface area (Å²) < 4.78 is 14.2. The predicted octanol–water partition coefficient (Wildman–Crippen LogP) is 7.20. The highest BCUT2D eigenvalue weighted by molar-refractivity contribution is 9.10. The molecule has 0 bridgehead atoms. The van der Waals surface area contributed by atoms with Crippen molar-refractivity contribution in [3.63, 3.8) is 0 Å². The highest BCUT2D eigenvalue weighted by Crippen LogP contribution is 2.43. The van der Waals surface area contributed by atoms with Crippen molar-refractivity contribution in [2.45, 2.75) is 30.9 Å². The smallest absolute Gasteiger partial charge is 0.266 e. The summed E-state index contributed by atoms with van der Waals surface area (Å²) in [5, 5.41) is 9.06. The first-order valence-corrected chi connectivity index (χ1v) is 16.4. The van der Waals surface area contributed by atoms with Gasteiger partial charge in [0.05, 0.1) is 6.61 Å². The zero-order valence-electron chi connectivity index (χ0n) is 24.7. The number of carbonyl (C=O) groups excluding carboxylic acids is 1. The average Bonchev–Trinajstić information content (AvgIpc) is 3.46. The van der Waals surface area contributed by atoms with Gasteiger partial charge in [0.2, 0.25) is 5.90 Å². The first-order chi connectivity index (χ1) is 22.0. The van der Waals surface area contributed by atoms with Crippen LogP contribution in [0.5, 0.6) is 5.75 Å². The van der Waals surface area contributed by atoms with Crippen LogP contribution in [0, 0.1) is 0 Å². The summed E-state index contributed by atoms with van der Waals surface area (Å²) in [7, 11) is 0. The quantitative estimate of drug-likeness (QED) is 0.0943. The molecule has 7 nitrogen and oxygen atoms in total. The number of aliphatic imine (C=N–C) groups is 1. The summed E-state index contributed by atoms with van der Waals surface area (Å²) in [5.41, 5.74) is 8.52. The lowest BCUT2D eigenvalue weighted by molar-refractivity contribution is -0.129. The van der Waals surface area contributed by atoms with Gasteiger partial charge >= 0.3 is 0 Å². The molecule has 9 heteroatoms. The molecule has 232 valence electrons. The molecule has 2 atom stereocenters. The fraction of sp³-hybridized carbons (Fsp3) is 0.222. The Balaban J connectivity index is 1.44. The number of hydrogen-bond donors (Lipinski definition) is 3. The number of hydrazine groups is 1. The van der Waals surface area contributed by atoms with E-state index in [9.17, 15) is 4.79 Å². The van der Waals surface area contributed by atoms with Crippen LogP contribution in [0.1, 0.15) is 41.2 Å². The second-order valence-electron chi connectivity index (χ2n) is 10.6.